The lowest BCUT2D eigenvalue weighted by atomic mass is 10.1. The minimum atomic E-state index is -3.94. The van der Waals surface area contributed by atoms with Gasteiger partial charge in [0.15, 0.2) is 8.32 Å². The number of halogens is 3. The first kappa shape index (κ1) is 25.0. The van der Waals surface area contributed by atoms with Crippen LogP contribution in [0.3, 0.4) is 0 Å². The van der Waals surface area contributed by atoms with Crippen molar-refractivity contribution < 1.29 is 17.0 Å². The molecule has 0 aliphatic carbocycles. The summed E-state index contributed by atoms with van der Waals surface area (Å²) < 4.78 is 35.6. The van der Waals surface area contributed by atoms with E-state index in [1.807, 2.05) is 20.8 Å². The lowest BCUT2D eigenvalue weighted by molar-refractivity contribution is 0.185. The molecule has 1 fully saturated rings. The first-order valence-electron chi connectivity index (χ1n) is 8.75. The summed E-state index contributed by atoms with van der Waals surface area (Å²) in [6.07, 6.45) is 1.54. The highest BCUT2D eigenvalue weighted by atomic mass is 35.6. The molecule has 1 aliphatic rings. The molecule has 26 heavy (non-hydrogen) atoms. The summed E-state index contributed by atoms with van der Waals surface area (Å²) in [7, 11) is -5.78. The molecule has 1 saturated heterocycles. The molecule has 0 amide bonds. The fourth-order valence-electron chi connectivity index (χ4n) is 2.77. The highest BCUT2D eigenvalue weighted by Gasteiger charge is 2.62. The van der Waals surface area contributed by atoms with Gasteiger partial charge in [-0.1, -0.05) is 55.6 Å². The fourth-order valence-corrected chi connectivity index (χ4v) is 6.37. The molecule has 1 aliphatic heterocycles. The zero-order chi connectivity index (χ0) is 20.8. The van der Waals surface area contributed by atoms with Gasteiger partial charge >= 0.3 is 10.3 Å². The summed E-state index contributed by atoms with van der Waals surface area (Å²) in [5.74, 6) is 0. The normalized spacial score (nSPS) is 25.2. The van der Waals surface area contributed by atoms with Crippen molar-refractivity contribution in [1.29, 1.82) is 0 Å². The van der Waals surface area contributed by atoms with Gasteiger partial charge in [0.05, 0.1) is 0 Å². The summed E-state index contributed by atoms with van der Waals surface area (Å²) in [6.45, 7) is 16.3. The van der Waals surface area contributed by atoms with Crippen LogP contribution >= 0.6 is 34.8 Å². The van der Waals surface area contributed by atoms with E-state index in [0.29, 0.717) is 6.42 Å². The van der Waals surface area contributed by atoms with E-state index in [1.165, 1.54) is 4.31 Å². The molecule has 156 valence electrons. The predicted octanol–water partition coefficient (Wildman–Crippen LogP) is 5.27. The van der Waals surface area contributed by atoms with Crippen LogP contribution in [0.25, 0.3) is 0 Å². The van der Waals surface area contributed by atoms with E-state index < -0.39 is 34.6 Å². The van der Waals surface area contributed by atoms with Gasteiger partial charge < -0.3 is 4.43 Å². The summed E-state index contributed by atoms with van der Waals surface area (Å²) in [6, 6.07) is -0.145. The van der Waals surface area contributed by atoms with E-state index in [9.17, 15) is 8.42 Å². The van der Waals surface area contributed by atoms with Gasteiger partial charge in [0.2, 0.25) is 3.79 Å². The van der Waals surface area contributed by atoms with Crippen LogP contribution < -0.4 is 0 Å². The molecule has 0 aromatic rings. The number of hydrogen-bond donors (Lipinski definition) is 0. The monoisotopic (exact) mass is 467 g/mol. The molecule has 0 radical (unpaired) electrons. The first-order chi connectivity index (χ1) is 11.3. The maximum absolute atomic E-state index is 12.4. The SMILES string of the molecule is CC(CCC1N(S(=O)(=O)OCC(Cl)(Cl)Cl)C1(C)C)O[Si](C)(C)C(C)(C)C. The molecule has 0 aromatic carbocycles. The summed E-state index contributed by atoms with van der Waals surface area (Å²) in [5.41, 5.74) is -0.511. The van der Waals surface area contributed by atoms with Crippen molar-refractivity contribution in [3.8, 4) is 0 Å². The zero-order valence-corrected chi connectivity index (χ0v) is 21.0. The molecular formula is C16H32Cl3NO4SSi. The van der Waals surface area contributed by atoms with Crippen LogP contribution in [0.15, 0.2) is 0 Å². The average Bonchev–Trinajstić information content (AvgIpc) is 2.94. The number of alkyl halides is 3. The van der Waals surface area contributed by atoms with E-state index in [-0.39, 0.29) is 17.2 Å². The van der Waals surface area contributed by atoms with Crippen molar-refractivity contribution in [1.82, 2.24) is 4.31 Å². The number of rotatable bonds is 8. The highest BCUT2D eigenvalue weighted by Crippen LogP contribution is 2.47. The molecule has 10 heteroatoms. The van der Waals surface area contributed by atoms with Crippen molar-refractivity contribution >= 4 is 53.4 Å². The van der Waals surface area contributed by atoms with Crippen LogP contribution in [0, 0.1) is 0 Å². The topological polar surface area (TPSA) is 55.6 Å². The Morgan fingerprint density at radius 2 is 1.69 bits per heavy atom. The number of nitrogens with zero attached hydrogens (tertiary/aromatic N) is 1. The van der Waals surface area contributed by atoms with Gasteiger partial charge in [0.25, 0.3) is 0 Å². The van der Waals surface area contributed by atoms with Crippen LogP contribution in [-0.2, 0) is 18.9 Å². The van der Waals surface area contributed by atoms with E-state index in [2.05, 4.69) is 33.9 Å². The fraction of sp³-hybridized carbons (Fsp3) is 1.00. The third-order valence-electron chi connectivity index (χ3n) is 5.36. The molecule has 3 unspecified atom stereocenters. The summed E-state index contributed by atoms with van der Waals surface area (Å²) >= 11 is 16.7. The zero-order valence-electron chi connectivity index (χ0n) is 16.9. The van der Waals surface area contributed by atoms with Gasteiger partial charge in [0.1, 0.15) is 6.61 Å². The maximum Gasteiger partial charge on any atom is 0.339 e. The van der Waals surface area contributed by atoms with E-state index in [1.54, 1.807) is 0 Å². The quantitative estimate of drug-likeness (QED) is 0.276. The molecule has 0 N–H and O–H groups in total. The van der Waals surface area contributed by atoms with Crippen LogP contribution in [0.5, 0.6) is 0 Å². The van der Waals surface area contributed by atoms with E-state index in [0.717, 1.165) is 6.42 Å². The van der Waals surface area contributed by atoms with Crippen LogP contribution in [-0.4, -0.2) is 49.1 Å². The lowest BCUT2D eigenvalue weighted by Crippen LogP contribution is -2.43. The Labute approximate surface area is 175 Å². The largest absolute Gasteiger partial charge is 0.414 e. The molecule has 0 bridgehead atoms. The molecule has 3 atom stereocenters. The first-order valence-corrected chi connectivity index (χ1v) is 14.2. The molecule has 5 nitrogen and oxygen atoms in total. The second-order valence-corrected chi connectivity index (χ2v) is 17.8. The van der Waals surface area contributed by atoms with Crippen LogP contribution in [0.2, 0.25) is 18.1 Å². The van der Waals surface area contributed by atoms with Crippen molar-refractivity contribution in [2.45, 2.75) is 94.0 Å². The predicted molar refractivity (Wildman–Crippen MR) is 112 cm³/mol. The maximum atomic E-state index is 12.4. The third kappa shape index (κ3) is 6.48. The minimum absolute atomic E-state index is 0.0685. The van der Waals surface area contributed by atoms with Gasteiger partial charge in [-0.2, -0.15) is 12.7 Å². The minimum Gasteiger partial charge on any atom is -0.414 e. The van der Waals surface area contributed by atoms with Crippen LogP contribution in [0.1, 0.15) is 54.4 Å². The molecular weight excluding hydrogens is 437 g/mol. The molecule has 0 spiro atoms. The van der Waals surface area contributed by atoms with Crippen molar-refractivity contribution in [2.24, 2.45) is 0 Å². The van der Waals surface area contributed by atoms with Gasteiger partial charge in [0, 0.05) is 17.7 Å². The molecule has 1 rings (SSSR count). The van der Waals surface area contributed by atoms with Crippen LogP contribution in [0.4, 0.5) is 0 Å². The molecule has 0 aromatic heterocycles. The van der Waals surface area contributed by atoms with E-state index >= 15 is 0 Å². The number of hydrogen-bond acceptors (Lipinski definition) is 4. The standard InChI is InChI=1S/C16H32Cl3NO4SSi/c1-12(24-26(7,8)14(2,3)4)9-10-13-15(5,6)20(13)25(21,22)23-11-16(17,18)19/h12-13H,9-11H2,1-8H3. The summed E-state index contributed by atoms with van der Waals surface area (Å²) in [5, 5.41) is 0.139. The Morgan fingerprint density at radius 1 is 1.19 bits per heavy atom. The van der Waals surface area contributed by atoms with Gasteiger partial charge in [-0.15, -0.1) is 0 Å². The highest BCUT2D eigenvalue weighted by molar-refractivity contribution is 7.84. The third-order valence-corrected chi connectivity index (χ3v) is 11.9. The van der Waals surface area contributed by atoms with Gasteiger partial charge in [-0.25, -0.2) is 0 Å². The smallest absolute Gasteiger partial charge is 0.339 e. The Kier molecular flexibility index (Phi) is 7.65. The van der Waals surface area contributed by atoms with Gasteiger partial charge in [-0.05, 0) is 51.7 Å². The second kappa shape index (κ2) is 7.98. The molecule has 0 saturated carbocycles. The van der Waals surface area contributed by atoms with E-state index in [4.69, 9.17) is 43.4 Å². The Balaban J connectivity index is 2.63. The summed E-state index contributed by atoms with van der Waals surface area (Å²) in [4.78, 5) is 0. The Morgan fingerprint density at radius 3 is 2.12 bits per heavy atom. The Bertz CT molecular complexity index is 600. The Hall–Kier alpha value is 0.917. The molecule has 1 heterocycles. The second-order valence-electron chi connectivity index (χ2n) is 9.07. The lowest BCUT2D eigenvalue weighted by Gasteiger charge is -2.38. The van der Waals surface area contributed by atoms with Crippen molar-refractivity contribution in [2.75, 3.05) is 6.61 Å². The van der Waals surface area contributed by atoms with Crippen molar-refractivity contribution in [3.63, 3.8) is 0 Å². The average molecular weight is 469 g/mol. The van der Waals surface area contributed by atoms with Gasteiger partial charge in [-0.3, -0.25) is 4.18 Å². The van der Waals surface area contributed by atoms with Crippen molar-refractivity contribution in [3.05, 3.63) is 0 Å².